The van der Waals surface area contributed by atoms with Crippen LogP contribution in [-0.2, 0) is 6.18 Å². The molecule has 0 atom stereocenters. The molecule has 1 aromatic carbocycles. The first-order valence-electron chi connectivity index (χ1n) is 7.91. The molecule has 0 fully saturated rings. The molecular weight excluding hydrogens is 389 g/mol. The van der Waals surface area contributed by atoms with Crippen molar-refractivity contribution in [3.05, 3.63) is 69.9 Å². The lowest BCUT2D eigenvalue weighted by atomic mass is 10.0. The Kier molecular flexibility index (Phi) is 5.33. The van der Waals surface area contributed by atoms with E-state index in [9.17, 15) is 18.0 Å². The topological polar surface area (TPSA) is 80.9 Å². The number of anilines is 2. The number of pyridine rings is 1. The molecule has 5 nitrogen and oxygen atoms in total. The quantitative estimate of drug-likeness (QED) is 0.633. The van der Waals surface area contributed by atoms with Crippen LogP contribution >= 0.6 is 11.3 Å². The summed E-state index contributed by atoms with van der Waals surface area (Å²) < 4.78 is 38.4. The average Bonchev–Trinajstić information content (AvgIpc) is 3.06. The smallest absolute Gasteiger partial charge is 0.375 e. The minimum atomic E-state index is -4.52. The second kappa shape index (κ2) is 7.70. The van der Waals surface area contributed by atoms with Gasteiger partial charge in [-0.1, -0.05) is 23.3 Å². The lowest BCUT2D eigenvalue weighted by molar-refractivity contribution is -0.137. The minimum absolute atomic E-state index is 0.187. The molecule has 0 bridgehead atoms. The van der Waals surface area contributed by atoms with Crippen LogP contribution in [-0.4, -0.2) is 15.9 Å². The summed E-state index contributed by atoms with van der Waals surface area (Å²) in [5, 5.41) is 2.78. The van der Waals surface area contributed by atoms with E-state index in [1.165, 1.54) is 11.3 Å². The Morgan fingerprint density at radius 2 is 1.96 bits per heavy atom. The van der Waals surface area contributed by atoms with Crippen LogP contribution in [0.2, 0.25) is 0 Å². The highest BCUT2D eigenvalue weighted by atomic mass is 32.1. The van der Waals surface area contributed by atoms with Gasteiger partial charge in [-0.15, -0.1) is 0 Å². The van der Waals surface area contributed by atoms with E-state index in [1.54, 1.807) is 24.4 Å². The number of carbonyl (C=O) groups is 1. The normalized spacial score (nSPS) is 10.9. The average molecular weight is 402 g/mol. The predicted molar refractivity (Wildman–Crippen MR) is 101 cm³/mol. The lowest BCUT2D eigenvalue weighted by Crippen LogP contribution is -2.14. The van der Waals surface area contributed by atoms with Gasteiger partial charge in [-0.25, -0.2) is 9.97 Å². The molecule has 142 valence electrons. The number of amides is 1. The summed E-state index contributed by atoms with van der Waals surface area (Å²) in [6.45, 7) is 1.83. The molecule has 0 aliphatic rings. The van der Waals surface area contributed by atoms with Gasteiger partial charge in [-0.3, -0.25) is 4.79 Å². The molecular formula is C19H13F3N4OS. The Labute approximate surface area is 162 Å². The first kappa shape index (κ1) is 19.4. The molecule has 2 heterocycles. The van der Waals surface area contributed by atoms with E-state index < -0.39 is 17.6 Å². The number of hydrogen-bond acceptors (Lipinski definition) is 5. The van der Waals surface area contributed by atoms with Crippen molar-refractivity contribution in [1.82, 2.24) is 9.97 Å². The molecule has 0 unspecified atom stereocenters. The fourth-order valence-electron chi connectivity index (χ4n) is 2.24. The van der Waals surface area contributed by atoms with Crippen molar-refractivity contribution in [1.29, 1.82) is 0 Å². The Morgan fingerprint density at radius 1 is 1.18 bits per heavy atom. The number of benzene rings is 1. The van der Waals surface area contributed by atoms with Gasteiger partial charge >= 0.3 is 6.18 Å². The zero-order valence-corrected chi connectivity index (χ0v) is 15.3. The van der Waals surface area contributed by atoms with Crippen molar-refractivity contribution in [3.8, 4) is 11.8 Å². The Balaban J connectivity index is 1.82. The van der Waals surface area contributed by atoms with E-state index >= 15 is 0 Å². The molecule has 3 aromatic rings. The predicted octanol–water partition coefficient (Wildman–Crippen LogP) is 4.10. The molecule has 3 rings (SSSR count). The monoisotopic (exact) mass is 402 g/mol. The largest absolute Gasteiger partial charge is 0.416 e. The zero-order chi connectivity index (χ0) is 20.3. The maximum atomic E-state index is 12.8. The third-order valence-electron chi connectivity index (χ3n) is 3.67. The number of thiazole rings is 1. The summed E-state index contributed by atoms with van der Waals surface area (Å²) in [5.41, 5.74) is 6.37. The van der Waals surface area contributed by atoms with E-state index in [-0.39, 0.29) is 11.4 Å². The number of nitrogens with zero attached hydrogens (tertiary/aromatic N) is 2. The number of rotatable bonds is 2. The van der Waals surface area contributed by atoms with Crippen molar-refractivity contribution >= 4 is 28.2 Å². The standard InChI is InChI=1S/C19H13F3N4OS/c1-11-2-3-13(8-12(11)4-5-15-10-25-18(23)28-15)17(27)26-16-9-14(6-7-24-16)19(20,21)22/h2-3,6-10H,1H3,(H2,23,25)(H,24,26,27). The molecule has 0 radical (unpaired) electrons. The van der Waals surface area contributed by atoms with Gasteiger partial charge < -0.3 is 11.1 Å². The van der Waals surface area contributed by atoms with E-state index in [1.807, 2.05) is 6.92 Å². The van der Waals surface area contributed by atoms with Crippen LogP contribution in [0, 0.1) is 18.8 Å². The van der Waals surface area contributed by atoms with Gasteiger partial charge in [0.05, 0.1) is 16.6 Å². The van der Waals surface area contributed by atoms with Gasteiger partial charge in [-0.2, -0.15) is 13.2 Å². The summed E-state index contributed by atoms with van der Waals surface area (Å²) in [6, 6.07) is 6.45. The van der Waals surface area contributed by atoms with Gasteiger partial charge in [0.15, 0.2) is 5.13 Å². The van der Waals surface area contributed by atoms with Crippen molar-refractivity contribution in [2.24, 2.45) is 0 Å². The number of aryl methyl sites for hydroxylation is 1. The number of alkyl halides is 3. The first-order valence-corrected chi connectivity index (χ1v) is 8.72. The SMILES string of the molecule is Cc1ccc(C(=O)Nc2cc(C(F)(F)F)ccn2)cc1C#Cc1cnc(N)s1. The molecule has 0 saturated heterocycles. The summed E-state index contributed by atoms with van der Waals surface area (Å²) in [6.07, 6.45) is -1.97. The van der Waals surface area contributed by atoms with Crippen LogP contribution in [0.15, 0.2) is 42.7 Å². The molecule has 3 N–H and O–H groups in total. The van der Waals surface area contributed by atoms with E-state index in [2.05, 4.69) is 27.1 Å². The van der Waals surface area contributed by atoms with Gasteiger partial charge in [0.25, 0.3) is 5.91 Å². The summed E-state index contributed by atoms with van der Waals surface area (Å²) in [5.74, 6) is 5.10. The van der Waals surface area contributed by atoms with Crippen molar-refractivity contribution < 1.29 is 18.0 Å². The fraction of sp³-hybridized carbons (Fsp3) is 0.105. The van der Waals surface area contributed by atoms with Crippen LogP contribution in [0.5, 0.6) is 0 Å². The van der Waals surface area contributed by atoms with E-state index in [0.29, 0.717) is 15.6 Å². The third-order valence-corrected chi connectivity index (χ3v) is 4.41. The molecule has 2 aromatic heterocycles. The number of halogens is 3. The number of nitrogen functional groups attached to an aromatic ring is 1. The summed E-state index contributed by atoms with van der Waals surface area (Å²) in [4.78, 5) is 20.8. The maximum absolute atomic E-state index is 12.8. The number of aromatic nitrogens is 2. The molecule has 0 saturated carbocycles. The molecule has 28 heavy (non-hydrogen) atoms. The second-order valence-corrected chi connectivity index (χ2v) is 6.79. The van der Waals surface area contributed by atoms with Gasteiger partial charge in [-0.05, 0) is 42.7 Å². The van der Waals surface area contributed by atoms with E-state index in [4.69, 9.17) is 5.73 Å². The van der Waals surface area contributed by atoms with Crippen molar-refractivity contribution in [2.45, 2.75) is 13.1 Å². The fourth-order valence-corrected chi connectivity index (χ4v) is 2.77. The highest BCUT2D eigenvalue weighted by Crippen LogP contribution is 2.30. The Bertz CT molecular complexity index is 1100. The lowest BCUT2D eigenvalue weighted by Gasteiger charge is -2.09. The van der Waals surface area contributed by atoms with Crippen LogP contribution in [0.25, 0.3) is 0 Å². The Morgan fingerprint density at radius 3 is 2.64 bits per heavy atom. The number of nitrogens with one attached hydrogen (secondary N) is 1. The van der Waals surface area contributed by atoms with Gasteiger partial charge in [0.2, 0.25) is 0 Å². The highest BCUT2D eigenvalue weighted by molar-refractivity contribution is 7.15. The van der Waals surface area contributed by atoms with Crippen LogP contribution in [0.4, 0.5) is 24.1 Å². The van der Waals surface area contributed by atoms with Crippen LogP contribution in [0.3, 0.4) is 0 Å². The number of carbonyl (C=O) groups excluding carboxylic acids is 1. The summed E-state index contributed by atoms with van der Waals surface area (Å²) >= 11 is 1.24. The van der Waals surface area contributed by atoms with Crippen LogP contribution < -0.4 is 11.1 Å². The molecule has 0 aliphatic carbocycles. The maximum Gasteiger partial charge on any atom is 0.416 e. The minimum Gasteiger partial charge on any atom is -0.375 e. The number of hydrogen-bond donors (Lipinski definition) is 2. The second-order valence-electron chi connectivity index (χ2n) is 5.72. The van der Waals surface area contributed by atoms with Gasteiger partial charge in [0.1, 0.15) is 5.82 Å². The van der Waals surface area contributed by atoms with Crippen molar-refractivity contribution in [2.75, 3.05) is 11.1 Å². The highest BCUT2D eigenvalue weighted by Gasteiger charge is 2.30. The van der Waals surface area contributed by atoms with E-state index in [0.717, 1.165) is 23.9 Å². The number of nitrogens with two attached hydrogens (primary N) is 1. The van der Waals surface area contributed by atoms with Crippen LogP contribution in [0.1, 0.15) is 31.9 Å². The zero-order valence-electron chi connectivity index (χ0n) is 14.5. The van der Waals surface area contributed by atoms with Gasteiger partial charge in [0, 0.05) is 17.3 Å². The molecule has 0 aliphatic heterocycles. The molecule has 9 heteroatoms. The molecule has 1 amide bonds. The Hall–Kier alpha value is -3.38. The summed E-state index contributed by atoms with van der Waals surface area (Å²) in [7, 11) is 0. The van der Waals surface area contributed by atoms with Crippen molar-refractivity contribution in [3.63, 3.8) is 0 Å². The molecule has 0 spiro atoms. The third kappa shape index (κ3) is 4.66. The first-order chi connectivity index (χ1) is 13.2.